The lowest BCUT2D eigenvalue weighted by atomic mass is 10.1. The first-order valence-corrected chi connectivity index (χ1v) is 7.91. The molecule has 0 unspecified atom stereocenters. The smallest absolute Gasteiger partial charge is 0.201 e. The van der Waals surface area contributed by atoms with Gasteiger partial charge in [-0.1, -0.05) is 29.5 Å². The highest BCUT2D eigenvalue weighted by molar-refractivity contribution is 8.14. The van der Waals surface area contributed by atoms with E-state index < -0.39 is 17.4 Å². The predicted octanol–water partition coefficient (Wildman–Crippen LogP) is 2.80. The molecule has 126 valence electrons. The van der Waals surface area contributed by atoms with E-state index in [1.165, 1.54) is 5.01 Å². The lowest BCUT2D eigenvalue weighted by Crippen LogP contribution is -2.36. The van der Waals surface area contributed by atoms with E-state index in [1.54, 1.807) is 12.1 Å². The molecule has 2 rings (SSSR count). The van der Waals surface area contributed by atoms with Crippen molar-refractivity contribution in [2.24, 2.45) is 16.8 Å². The summed E-state index contributed by atoms with van der Waals surface area (Å²) in [6.45, 7) is 1.94. The number of nitrogens with two attached hydrogens (primary N) is 2. The molecule has 0 fully saturated rings. The Bertz CT molecular complexity index is 765. The molecule has 0 saturated heterocycles. The topological polar surface area (TPSA) is 84.7 Å². The van der Waals surface area contributed by atoms with Crippen LogP contribution in [0.4, 0.5) is 14.5 Å². The zero-order valence-corrected chi connectivity index (χ0v) is 13.7. The molecule has 5 nitrogen and oxygen atoms in total. The van der Waals surface area contributed by atoms with Crippen molar-refractivity contribution in [3.05, 3.63) is 65.2 Å². The van der Waals surface area contributed by atoms with Crippen molar-refractivity contribution < 1.29 is 13.6 Å². The molecule has 0 atom stereocenters. The summed E-state index contributed by atoms with van der Waals surface area (Å²) in [6, 6.07) is 10.1. The molecule has 0 amide bonds. The number of benzene rings is 2. The van der Waals surface area contributed by atoms with E-state index in [0.717, 1.165) is 29.5 Å². The molecular formula is C16H16F2N4OS. The van der Waals surface area contributed by atoms with Crippen LogP contribution in [0.3, 0.4) is 0 Å². The third-order valence-electron chi connectivity index (χ3n) is 3.19. The number of hydrogen-bond acceptors (Lipinski definition) is 5. The maximum absolute atomic E-state index is 13.6. The fourth-order valence-electron chi connectivity index (χ4n) is 1.91. The number of amidine groups is 1. The number of hydrogen-bond donors (Lipinski definition) is 2. The number of thioether (sulfide) groups is 1. The van der Waals surface area contributed by atoms with Gasteiger partial charge in [-0.25, -0.2) is 14.6 Å². The first-order valence-electron chi connectivity index (χ1n) is 6.93. The Balaban J connectivity index is 2.05. The van der Waals surface area contributed by atoms with Gasteiger partial charge >= 0.3 is 0 Å². The molecule has 0 aliphatic carbocycles. The highest BCUT2D eigenvalue weighted by Crippen LogP contribution is 2.19. The zero-order chi connectivity index (χ0) is 17.7. The molecule has 0 radical (unpaired) electrons. The van der Waals surface area contributed by atoms with Gasteiger partial charge in [0.15, 0.2) is 5.78 Å². The second-order valence-electron chi connectivity index (χ2n) is 4.95. The van der Waals surface area contributed by atoms with Crippen molar-refractivity contribution >= 4 is 28.4 Å². The van der Waals surface area contributed by atoms with E-state index in [2.05, 4.69) is 5.10 Å². The molecule has 0 saturated carbocycles. The number of aryl methyl sites for hydroxylation is 1. The number of halogens is 2. The molecule has 0 aromatic heterocycles. The zero-order valence-electron chi connectivity index (χ0n) is 12.9. The molecule has 2 aromatic rings. The quantitative estimate of drug-likeness (QED) is 0.291. The molecule has 4 N–H and O–H groups in total. The SMILES string of the molecule is Cc1ccc(N(N)/C(=N\N)SCC(=O)c2ccc(F)cc2F)cc1. The summed E-state index contributed by atoms with van der Waals surface area (Å²) in [6.07, 6.45) is 0. The second-order valence-corrected chi connectivity index (χ2v) is 5.90. The van der Waals surface area contributed by atoms with Crippen molar-refractivity contribution in [2.75, 3.05) is 10.8 Å². The summed E-state index contributed by atoms with van der Waals surface area (Å²) in [5.41, 5.74) is 1.50. The molecule has 2 aromatic carbocycles. The van der Waals surface area contributed by atoms with Crippen LogP contribution in [0, 0.1) is 18.6 Å². The first kappa shape index (κ1) is 17.9. The second kappa shape index (κ2) is 7.89. The Hall–Kier alpha value is -2.45. The number of hydrazone groups is 1. The molecule has 0 spiro atoms. The van der Waals surface area contributed by atoms with Crippen LogP contribution in [0.2, 0.25) is 0 Å². The number of hydrazine groups is 1. The van der Waals surface area contributed by atoms with Crippen LogP contribution in [0.25, 0.3) is 0 Å². The van der Waals surface area contributed by atoms with Crippen LogP contribution < -0.4 is 16.7 Å². The van der Waals surface area contributed by atoms with Crippen molar-refractivity contribution in [3.63, 3.8) is 0 Å². The van der Waals surface area contributed by atoms with Gasteiger partial charge < -0.3 is 5.84 Å². The monoisotopic (exact) mass is 350 g/mol. The maximum atomic E-state index is 13.6. The van der Waals surface area contributed by atoms with Gasteiger partial charge in [-0.15, -0.1) is 0 Å². The molecule has 8 heteroatoms. The highest BCUT2D eigenvalue weighted by atomic mass is 32.2. The minimum absolute atomic E-state index is 0.141. The maximum Gasteiger partial charge on any atom is 0.201 e. The Morgan fingerprint density at radius 3 is 2.46 bits per heavy atom. The summed E-state index contributed by atoms with van der Waals surface area (Å²) in [4.78, 5) is 12.1. The summed E-state index contributed by atoms with van der Waals surface area (Å²) in [5, 5.41) is 4.99. The van der Waals surface area contributed by atoms with Gasteiger partial charge in [-0.3, -0.25) is 9.80 Å². The Labute approximate surface area is 142 Å². The number of anilines is 1. The number of nitrogens with zero attached hydrogens (tertiary/aromatic N) is 2. The van der Waals surface area contributed by atoms with Gasteiger partial charge in [0, 0.05) is 6.07 Å². The number of carbonyl (C=O) groups excluding carboxylic acids is 1. The number of Topliss-reactive ketones (excluding diaryl/α,β-unsaturated/α-hetero) is 1. The van der Waals surface area contributed by atoms with Crippen molar-refractivity contribution in [3.8, 4) is 0 Å². The van der Waals surface area contributed by atoms with Gasteiger partial charge in [0.25, 0.3) is 0 Å². The standard InChI is InChI=1S/C16H16F2N4OS/c1-10-2-5-12(6-3-10)22(20)16(21-19)24-9-15(23)13-7-4-11(17)8-14(13)18/h2-8H,9,19-20H2,1H3/b21-16+. The number of carbonyl (C=O) groups is 1. The van der Waals surface area contributed by atoms with E-state index in [9.17, 15) is 13.6 Å². The van der Waals surface area contributed by atoms with Gasteiger partial charge in [0.1, 0.15) is 11.6 Å². The average molecular weight is 350 g/mol. The lowest BCUT2D eigenvalue weighted by molar-refractivity contribution is 0.101. The fourth-order valence-corrected chi connectivity index (χ4v) is 2.64. The molecule has 0 aliphatic rings. The normalized spacial score (nSPS) is 11.4. The van der Waals surface area contributed by atoms with Gasteiger partial charge in [-0.05, 0) is 31.2 Å². The van der Waals surface area contributed by atoms with Crippen LogP contribution in [0.1, 0.15) is 15.9 Å². The largest absolute Gasteiger partial charge is 0.321 e. The third kappa shape index (κ3) is 4.30. The van der Waals surface area contributed by atoms with Gasteiger partial charge in [0.05, 0.1) is 17.0 Å². The summed E-state index contributed by atoms with van der Waals surface area (Å²) >= 11 is 0.960. The summed E-state index contributed by atoms with van der Waals surface area (Å²) in [7, 11) is 0. The van der Waals surface area contributed by atoms with Crippen LogP contribution >= 0.6 is 11.8 Å². The predicted molar refractivity (Wildman–Crippen MR) is 92.6 cm³/mol. The highest BCUT2D eigenvalue weighted by Gasteiger charge is 2.17. The minimum Gasteiger partial charge on any atom is -0.321 e. The van der Waals surface area contributed by atoms with Crippen LogP contribution in [0.5, 0.6) is 0 Å². The summed E-state index contributed by atoms with van der Waals surface area (Å²) < 4.78 is 26.5. The van der Waals surface area contributed by atoms with Crippen molar-refractivity contribution in [1.29, 1.82) is 0 Å². The Morgan fingerprint density at radius 1 is 1.21 bits per heavy atom. The molecule has 24 heavy (non-hydrogen) atoms. The first-order chi connectivity index (χ1) is 11.4. The van der Waals surface area contributed by atoms with E-state index in [-0.39, 0.29) is 16.5 Å². The van der Waals surface area contributed by atoms with Crippen molar-refractivity contribution in [1.82, 2.24) is 0 Å². The molecule has 0 bridgehead atoms. The lowest BCUT2D eigenvalue weighted by Gasteiger charge is -2.19. The average Bonchev–Trinajstić information content (AvgIpc) is 2.55. The van der Waals surface area contributed by atoms with E-state index in [4.69, 9.17) is 11.7 Å². The third-order valence-corrected chi connectivity index (χ3v) is 4.16. The fraction of sp³-hybridized carbons (Fsp3) is 0.125. The molecule has 0 aliphatic heterocycles. The van der Waals surface area contributed by atoms with Crippen LogP contribution in [-0.2, 0) is 0 Å². The summed E-state index contributed by atoms with van der Waals surface area (Å²) in [5.74, 6) is 8.96. The molecule has 0 heterocycles. The van der Waals surface area contributed by atoms with Crippen molar-refractivity contribution in [2.45, 2.75) is 6.92 Å². The molecular weight excluding hydrogens is 334 g/mol. The number of ketones is 1. The Kier molecular flexibility index (Phi) is 5.88. The van der Waals surface area contributed by atoms with Gasteiger partial charge in [0.2, 0.25) is 5.17 Å². The van der Waals surface area contributed by atoms with Crippen LogP contribution in [-0.4, -0.2) is 16.7 Å². The Morgan fingerprint density at radius 2 is 1.88 bits per heavy atom. The number of rotatable bonds is 4. The van der Waals surface area contributed by atoms with E-state index in [1.807, 2.05) is 19.1 Å². The van der Waals surface area contributed by atoms with E-state index in [0.29, 0.717) is 11.8 Å². The van der Waals surface area contributed by atoms with Gasteiger partial charge in [-0.2, -0.15) is 5.10 Å². The minimum atomic E-state index is -0.907. The van der Waals surface area contributed by atoms with Crippen LogP contribution in [0.15, 0.2) is 47.6 Å². The van der Waals surface area contributed by atoms with E-state index >= 15 is 0 Å².